The number of amides is 2. The summed E-state index contributed by atoms with van der Waals surface area (Å²) < 4.78 is 2.02. The Bertz CT molecular complexity index is 513. The van der Waals surface area contributed by atoms with Gasteiger partial charge in [0.2, 0.25) is 0 Å². The zero-order valence-electron chi connectivity index (χ0n) is 10.2. The first kappa shape index (κ1) is 17.4. The normalized spacial score (nSPS) is 13.4. The Kier molecular flexibility index (Phi) is 6.44. The van der Waals surface area contributed by atoms with E-state index in [0.29, 0.717) is 14.6 Å². The van der Waals surface area contributed by atoms with Crippen LogP contribution in [-0.4, -0.2) is 34.4 Å². The van der Waals surface area contributed by atoms with Gasteiger partial charge >= 0.3 is 12.0 Å². The number of nitrogens with one attached hydrogen (secondary N) is 2. The molecule has 0 bridgehead atoms. The number of carbonyl (C=O) groups is 2. The molecule has 20 heavy (non-hydrogen) atoms. The Labute approximate surface area is 140 Å². The quantitative estimate of drug-likeness (QED) is 0.539. The van der Waals surface area contributed by atoms with E-state index in [-0.39, 0.29) is 0 Å². The van der Waals surface area contributed by atoms with Crippen molar-refractivity contribution in [3.8, 4) is 0 Å². The lowest BCUT2D eigenvalue weighted by Crippen LogP contribution is -2.49. The molecule has 2 amide bonds. The monoisotopic (exact) mass is 472 g/mol. The minimum atomic E-state index is -1.39. The molecule has 2 unspecified atom stereocenters. The Morgan fingerprint density at radius 3 is 2.10 bits per heavy atom. The first-order chi connectivity index (χ1) is 9.22. The van der Waals surface area contributed by atoms with Crippen LogP contribution in [0.2, 0.25) is 0 Å². The first-order valence-electron chi connectivity index (χ1n) is 5.35. The fourth-order valence-electron chi connectivity index (χ4n) is 1.34. The minimum Gasteiger partial charge on any atom is -0.480 e. The molecule has 0 aliphatic rings. The highest BCUT2D eigenvalue weighted by atomic mass is 79.9. The van der Waals surface area contributed by atoms with Crippen LogP contribution in [-0.2, 0) is 4.79 Å². The van der Waals surface area contributed by atoms with Crippen molar-refractivity contribution in [2.24, 2.45) is 0 Å². The molecule has 1 aromatic rings. The number of halogens is 3. The number of carbonyl (C=O) groups excluding carboxylic acids is 1. The number of anilines is 1. The van der Waals surface area contributed by atoms with Gasteiger partial charge in [-0.25, -0.2) is 9.59 Å². The predicted molar refractivity (Wildman–Crippen MR) is 84.8 cm³/mol. The molecule has 110 valence electrons. The molecule has 0 saturated heterocycles. The number of urea groups is 1. The van der Waals surface area contributed by atoms with E-state index in [1.807, 2.05) is 0 Å². The zero-order valence-corrected chi connectivity index (χ0v) is 14.9. The molecule has 0 heterocycles. The van der Waals surface area contributed by atoms with E-state index in [4.69, 9.17) is 5.11 Å². The minimum absolute atomic E-state index is 0.445. The molecule has 2 atom stereocenters. The Hall–Kier alpha value is -0.640. The number of rotatable bonds is 4. The van der Waals surface area contributed by atoms with Crippen LogP contribution in [0.1, 0.15) is 6.92 Å². The van der Waals surface area contributed by atoms with Crippen LogP contribution < -0.4 is 10.6 Å². The van der Waals surface area contributed by atoms with Gasteiger partial charge in [0.15, 0.2) is 6.04 Å². The van der Waals surface area contributed by atoms with Gasteiger partial charge < -0.3 is 20.8 Å². The topological polar surface area (TPSA) is 98.7 Å². The van der Waals surface area contributed by atoms with Gasteiger partial charge in [0.25, 0.3) is 0 Å². The van der Waals surface area contributed by atoms with Crippen LogP contribution in [0.15, 0.2) is 25.6 Å². The van der Waals surface area contributed by atoms with E-state index >= 15 is 0 Å². The smallest absolute Gasteiger partial charge is 0.328 e. The number of carboxylic acids is 1. The molecule has 0 radical (unpaired) electrons. The number of hydrogen-bond donors (Lipinski definition) is 4. The van der Waals surface area contributed by atoms with E-state index in [9.17, 15) is 14.7 Å². The molecule has 0 aliphatic carbocycles. The van der Waals surface area contributed by atoms with Gasteiger partial charge in [-0.2, -0.15) is 0 Å². The summed E-state index contributed by atoms with van der Waals surface area (Å²) in [7, 11) is 0. The molecule has 0 spiro atoms. The first-order valence-corrected chi connectivity index (χ1v) is 7.73. The Balaban J connectivity index is 2.84. The summed E-state index contributed by atoms with van der Waals surface area (Å²) in [5, 5.41) is 22.9. The highest BCUT2D eigenvalue weighted by Gasteiger charge is 2.25. The van der Waals surface area contributed by atoms with E-state index in [2.05, 4.69) is 58.4 Å². The van der Waals surface area contributed by atoms with E-state index < -0.39 is 24.1 Å². The predicted octanol–water partition coefficient (Wildman–Crippen LogP) is 2.93. The maximum Gasteiger partial charge on any atom is 0.328 e. The molecule has 4 N–H and O–H groups in total. The van der Waals surface area contributed by atoms with Crippen molar-refractivity contribution < 1.29 is 19.8 Å². The summed E-state index contributed by atoms with van der Waals surface area (Å²) in [6.45, 7) is 1.28. The van der Waals surface area contributed by atoms with Crippen LogP contribution in [0.25, 0.3) is 0 Å². The van der Waals surface area contributed by atoms with Gasteiger partial charge in [-0.3, -0.25) is 0 Å². The van der Waals surface area contributed by atoms with Gasteiger partial charge in [-0.05, 0) is 50.9 Å². The van der Waals surface area contributed by atoms with Crippen molar-refractivity contribution in [2.45, 2.75) is 19.1 Å². The molecule has 0 aliphatic heterocycles. The molecule has 1 aromatic carbocycles. The summed E-state index contributed by atoms with van der Waals surface area (Å²) in [4.78, 5) is 22.7. The fourth-order valence-corrected chi connectivity index (χ4v) is 3.80. The molecular weight excluding hydrogens is 464 g/mol. The van der Waals surface area contributed by atoms with Crippen LogP contribution in [0, 0.1) is 0 Å². The number of carboxylic acid groups (broad SMARTS) is 1. The molecule has 0 aromatic heterocycles. The second-order valence-corrected chi connectivity index (χ2v) is 6.52. The number of benzene rings is 1. The second-order valence-electron chi connectivity index (χ2n) is 3.90. The van der Waals surface area contributed by atoms with Crippen molar-refractivity contribution in [3.05, 3.63) is 25.6 Å². The third-order valence-electron chi connectivity index (χ3n) is 2.28. The number of aliphatic hydroxyl groups is 1. The highest BCUT2D eigenvalue weighted by molar-refractivity contribution is 9.11. The number of aliphatic carboxylic acids is 1. The zero-order chi connectivity index (χ0) is 15.4. The average molecular weight is 475 g/mol. The summed E-state index contributed by atoms with van der Waals surface area (Å²) in [5.74, 6) is -1.32. The third kappa shape index (κ3) is 4.72. The molecule has 1 rings (SSSR count). The van der Waals surface area contributed by atoms with Crippen molar-refractivity contribution in [2.75, 3.05) is 5.32 Å². The SMILES string of the molecule is CC(O)C(NC(=O)Nc1c(Br)cc(Br)cc1Br)C(=O)O. The third-order valence-corrected chi connectivity index (χ3v) is 3.99. The van der Waals surface area contributed by atoms with Crippen LogP contribution >= 0.6 is 47.8 Å². The lowest BCUT2D eigenvalue weighted by molar-refractivity contribution is -0.141. The lowest BCUT2D eigenvalue weighted by Gasteiger charge is -2.18. The summed E-state index contributed by atoms with van der Waals surface area (Å²) in [6, 6.07) is 1.33. The highest BCUT2D eigenvalue weighted by Crippen LogP contribution is 2.34. The van der Waals surface area contributed by atoms with Gasteiger partial charge in [0.05, 0.1) is 11.8 Å². The number of hydrogen-bond acceptors (Lipinski definition) is 3. The van der Waals surface area contributed by atoms with E-state index in [1.54, 1.807) is 12.1 Å². The van der Waals surface area contributed by atoms with Gasteiger partial charge in [0.1, 0.15) is 0 Å². The largest absolute Gasteiger partial charge is 0.480 e. The molecule has 9 heteroatoms. The lowest BCUT2D eigenvalue weighted by atomic mass is 10.2. The van der Waals surface area contributed by atoms with E-state index in [1.165, 1.54) is 6.92 Å². The average Bonchev–Trinajstić information content (AvgIpc) is 2.29. The summed E-state index contributed by atoms with van der Waals surface area (Å²) in [6.07, 6.45) is -1.21. The maximum absolute atomic E-state index is 11.8. The van der Waals surface area contributed by atoms with Crippen LogP contribution in [0.3, 0.4) is 0 Å². The molecule has 0 fully saturated rings. The Morgan fingerprint density at radius 2 is 1.70 bits per heavy atom. The Morgan fingerprint density at radius 1 is 1.20 bits per heavy atom. The second kappa shape index (κ2) is 7.39. The molecule has 6 nitrogen and oxygen atoms in total. The van der Waals surface area contributed by atoms with Gasteiger partial charge in [-0.1, -0.05) is 15.9 Å². The van der Waals surface area contributed by atoms with Crippen molar-refractivity contribution in [3.63, 3.8) is 0 Å². The van der Waals surface area contributed by atoms with Crippen LogP contribution in [0.5, 0.6) is 0 Å². The van der Waals surface area contributed by atoms with Crippen molar-refractivity contribution in [1.82, 2.24) is 5.32 Å². The van der Waals surface area contributed by atoms with Crippen LogP contribution in [0.4, 0.5) is 10.5 Å². The maximum atomic E-state index is 11.8. The van der Waals surface area contributed by atoms with Gasteiger partial charge in [0, 0.05) is 13.4 Å². The molecule has 0 saturated carbocycles. The summed E-state index contributed by atoms with van der Waals surface area (Å²) in [5.41, 5.74) is 0.445. The van der Waals surface area contributed by atoms with E-state index in [0.717, 1.165) is 4.47 Å². The van der Waals surface area contributed by atoms with Gasteiger partial charge in [-0.15, -0.1) is 0 Å². The van der Waals surface area contributed by atoms with Crippen molar-refractivity contribution in [1.29, 1.82) is 0 Å². The van der Waals surface area contributed by atoms with Crippen molar-refractivity contribution >= 4 is 65.5 Å². The number of aliphatic hydroxyl groups excluding tert-OH is 1. The fraction of sp³-hybridized carbons (Fsp3) is 0.273. The molecular formula is C11H11Br3N2O4. The standard InChI is InChI=1S/C11H11Br3N2O4/c1-4(17)8(10(18)19)15-11(20)16-9-6(13)2-5(12)3-7(9)14/h2-4,8,17H,1H3,(H,18,19)(H2,15,16,20). The summed E-state index contributed by atoms with van der Waals surface area (Å²) >= 11 is 9.86.